The minimum atomic E-state index is -0.825. The van der Waals surface area contributed by atoms with Crippen molar-refractivity contribution in [2.45, 2.75) is 6.92 Å². The van der Waals surface area contributed by atoms with Crippen LogP contribution in [0.5, 0.6) is 5.75 Å². The lowest BCUT2D eigenvalue weighted by Crippen LogP contribution is -2.54. The number of anilines is 1. The van der Waals surface area contributed by atoms with Crippen molar-refractivity contribution in [3.63, 3.8) is 0 Å². The van der Waals surface area contributed by atoms with Gasteiger partial charge in [-0.3, -0.25) is 14.9 Å². The lowest BCUT2D eigenvalue weighted by Gasteiger charge is -2.27. The summed E-state index contributed by atoms with van der Waals surface area (Å²) < 4.78 is 10.6. The highest BCUT2D eigenvalue weighted by Gasteiger charge is 2.38. The van der Waals surface area contributed by atoms with Crippen molar-refractivity contribution in [1.29, 1.82) is 0 Å². The van der Waals surface area contributed by atoms with Crippen LogP contribution in [0.15, 0.2) is 52.7 Å². The summed E-state index contributed by atoms with van der Waals surface area (Å²) in [5.41, 5.74) is 0.0653. The third-order valence-corrected chi connectivity index (χ3v) is 3.34. The first-order valence-corrected chi connectivity index (χ1v) is 7.28. The molecule has 1 N–H and O–H groups in total. The van der Waals surface area contributed by atoms with Crippen molar-refractivity contribution in [2.75, 3.05) is 11.5 Å². The second-order valence-electron chi connectivity index (χ2n) is 4.87. The van der Waals surface area contributed by atoms with E-state index in [0.717, 1.165) is 4.90 Å². The van der Waals surface area contributed by atoms with Crippen LogP contribution >= 0.6 is 0 Å². The van der Waals surface area contributed by atoms with Gasteiger partial charge in [0.15, 0.2) is 0 Å². The van der Waals surface area contributed by atoms with Crippen LogP contribution in [0.1, 0.15) is 12.7 Å². The van der Waals surface area contributed by atoms with E-state index in [1.165, 1.54) is 12.3 Å². The standard InChI is InChI=1S/C17H14N2O5/c1-2-23-14-8-4-3-7-13(14)19-16(21)12(15(20)18-17(19)22)10-11-6-5-9-24-11/h3-10H,2H2,1H3,(H,18,20,22)/b12-10+. The Balaban J connectivity index is 2.03. The average Bonchev–Trinajstić information content (AvgIpc) is 3.06. The largest absolute Gasteiger partial charge is 0.492 e. The van der Waals surface area contributed by atoms with Gasteiger partial charge < -0.3 is 9.15 Å². The van der Waals surface area contributed by atoms with Crippen molar-refractivity contribution in [3.8, 4) is 5.75 Å². The molecule has 122 valence electrons. The van der Waals surface area contributed by atoms with Gasteiger partial charge in [0.05, 0.1) is 18.6 Å². The third-order valence-electron chi connectivity index (χ3n) is 3.34. The van der Waals surface area contributed by atoms with E-state index in [-0.39, 0.29) is 11.3 Å². The maximum absolute atomic E-state index is 12.7. The molecule has 1 aromatic carbocycles. The fourth-order valence-corrected chi connectivity index (χ4v) is 2.31. The number of amides is 4. The van der Waals surface area contributed by atoms with Gasteiger partial charge in [-0.25, -0.2) is 9.69 Å². The van der Waals surface area contributed by atoms with Gasteiger partial charge in [0, 0.05) is 0 Å². The van der Waals surface area contributed by atoms with Crippen LogP contribution in [0.4, 0.5) is 10.5 Å². The molecular formula is C17H14N2O5. The molecule has 1 aromatic heterocycles. The normalized spacial score (nSPS) is 16.5. The number of furan rings is 1. The van der Waals surface area contributed by atoms with E-state index in [9.17, 15) is 14.4 Å². The molecule has 0 atom stereocenters. The zero-order chi connectivity index (χ0) is 17.1. The summed E-state index contributed by atoms with van der Waals surface area (Å²) in [6.07, 6.45) is 2.71. The Labute approximate surface area is 137 Å². The van der Waals surface area contributed by atoms with E-state index in [1.807, 2.05) is 0 Å². The summed E-state index contributed by atoms with van der Waals surface area (Å²) in [4.78, 5) is 37.8. The van der Waals surface area contributed by atoms with Crippen molar-refractivity contribution < 1.29 is 23.5 Å². The van der Waals surface area contributed by atoms with Gasteiger partial charge in [-0.05, 0) is 37.3 Å². The molecule has 1 aliphatic heterocycles. The molecule has 0 radical (unpaired) electrons. The second kappa shape index (κ2) is 6.41. The Morgan fingerprint density at radius 2 is 1.96 bits per heavy atom. The number of barbiturate groups is 1. The van der Waals surface area contributed by atoms with Crippen LogP contribution in [-0.4, -0.2) is 24.5 Å². The zero-order valence-corrected chi connectivity index (χ0v) is 12.8. The molecule has 0 bridgehead atoms. The molecular weight excluding hydrogens is 312 g/mol. The molecule has 1 fully saturated rings. The molecule has 0 saturated carbocycles. The Hall–Kier alpha value is -3.35. The highest BCUT2D eigenvalue weighted by atomic mass is 16.5. The maximum atomic E-state index is 12.7. The summed E-state index contributed by atoms with van der Waals surface area (Å²) in [7, 11) is 0. The zero-order valence-electron chi connectivity index (χ0n) is 12.8. The number of carbonyl (C=O) groups is 3. The van der Waals surface area contributed by atoms with E-state index < -0.39 is 17.8 Å². The lowest BCUT2D eigenvalue weighted by molar-refractivity contribution is -0.122. The van der Waals surface area contributed by atoms with Crippen molar-refractivity contribution in [1.82, 2.24) is 5.32 Å². The smallest absolute Gasteiger partial charge is 0.336 e. The van der Waals surface area contributed by atoms with Crippen molar-refractivity contribution in [2.24, 2.45) is 0 Å². The third kappa shape index (κ3) is 2.79. The highest BCUT2D eigenvalue weighted by molar-refractivity contribution is 6.39. The van der Waals surface area contributed by atoms with Crippen LogP contribution in [0.2, 0.25) is 0 Å². The molecule has 0 aliphatic carbocycles. The van der Waals surface area contributed by atoms with E-state index in [1.54, 1.807) is 43.3 Å². The first-order chi connectivity index (χ1) is 11.6. The highest BCUT2D eigenvalue weighted by Crippen LogP contribution is 2.31. The molecule has 0 spiro atoms. The molecule has 2 heterocycles. The van der Waals surface area contributed by atoms with Gasteiger partial charge in [-0.1, -0.05) is 12.1 Å². The maximum Gasteiger partial charge on any atom is 0.336 e. The fourth-order valence-electron chi connectivity index (χ4n) is 2.31. The summed E-state index contributed by atoms with van der Waals surface area (Å²) in [5, 5.41) is 2.15. The Morgan fingerprint density at radius 3 is 2.67 bits per heavy atom. The fraction of sp³-hybridized carbons (Fsp3) is 0.118. The number of hydrogen-bond donors (Lipinski definition) is 1. The molecule has 1 saturated heterocycles. The molecule has 1 aliphatic rings. The average molecular weight is 326 g/mol. The number of nitrogens with zero attached hydrogens (tertiary/aromatic N) is 1. The number of benzene rings is 1. The number of imide groups is 2. The molecule has 2 aromatic rings. The molecule has 3 rings (SSSR count). The Kier molecular flexibility index (Phi) is 4.15. The second-order valence-corrected chi connectivity index (χ2v) is 4.87. The number of ether oxygens (including phenoxy) is 1. The summed E-state index contributed by atoms with van der Waals surface area (Å²) in [6.45, 7) is 2.16. The van der Waals surface area contributed by atoms with Crippen LogP contribution in [0.3, 0.4) is 0 Å². The van der Waals surface area contributed by atoms with Gasteiger partial charge in [0.1, 0.15) is 17.1 Å². The van der Waals surface area contributed by atoms with Crippen LogP contribution in [0, 0.1) is 0 Å². The SMILES string of the molecule is CCOc1ccccc1N1C(=O)NC(=O)/C(=C\c2ccco2)C1=O. The number of nitrogens with one attached hydrogen (secondary N) is 1. The molecule has 4 amide bonds. The minimum absolute atomic E-state index is 0.198. The summed E-state index contributed by atoms with van der Waals surface area (Å²) in [6, 6.07) is 9.02. The van der Waals surface area contributed by atoms with Crippen molar-refractivity contribution in [3.05, 3.63) is 54.0 Å². The van der Waals surface area contributed by atoms with Gasteiger partial charge in [0.2, 0.25) is 0 Å². The molecule has 0 unspecified atom stereocenters. The first kappa shape index (κ1) is 15.5. The predicted molar refractivity (Wildman–Crippen MR) is 85.3 cm³/mol. The van der Waals surface area contributed by atoms with E-state index >= 15 is 0 Å². The lowest BCUT2D eigenvalue weighted by atomic mass is 10.1. The number of urea groups is 1. The van der Waals surface area contributed by atoms with Gasteiger partial charge >= 0.3 is 6.03 Å². The van der Waals surface area contributed by atoms with E-state index in [0.29, 0.717) is 18.1 Å². The van der Waals surface area contributed by atoms with E-state index in [2.05, 4.69) is 5.32 Å². The summed E-state index contributed by atoms with van der Waals surface area (Å²) in [5.74, 6) is -0.810. The first-order valence-electron chi connectivity index (χ1n) is 7.28. The number of para-hydroxylation sites is 2. The summed E-state index contributed by atoms with van der Waals surface area (Å²) >= 11 is 0. The number of carbonyl (C=O) groups excluding carboxylic acids is 3. The van der Waals surface area contributed by atoms with Crippen LogP contribution in [-0.2, 0) is 9.59 Å². The number of hydrogen-bond acceptors (Lipinski definition) is 5. The Bertz CT molecular complexity index is 823. The van der Waals surface area contributed by atoms with Crippen molar-refractivity contribution >= 4 is 29.6 Å². The van der Waals surface area contributed by atoms with Gasteiger partial charge in [-0.2, -0.15) is 0 Å². The molecule has 24 heavy (non-hydrogen) atoms. The molecule has 7 nitrogen and oxygen atoms in total. The number of rotatable bonds is 4. The topological polar surface area (TPSA) is 88.8 Å². The minimum Gasteiger partial charge on any atom is -0.492 e. The molecule has 7 heteroatoms. The van der Waals surface area contributed by atoms with Crippen LogP contribution < -0.4 is 15.0 Å². The predicted octanol–water partition coefficient (Wildman–Crippen LogP) is 2.34. The quantitative estimate of drug-likeness (QED) is 0.688. The monoisotopic (exact) mass is 326 g/mol. The Morgan fingerprint density at radius 1 is 1.17 bits per heavy atom. The van der Waals surface area contributed by atoms with E-state index in [4.69, 9.17) is 9.15 Å². The van der Waals surface area contributed by atoms with Gasteiger partial charge in [0.25, 0.3) is 11.8 Å². The van der Waals surface area contributed by atoms with Gasteiger partial charge in [-0.15, -0.1) is 0 Å². The van der Waals surface area contributed by atoms with Crippen LogP contribution in [0.25, 0.3) is 6.08 Å².